The maximum absolute atomic E-state index is 13.1. The van der Waals surface area contributed by atoms with E-state index in [1.54, 1.807) is 18.2 Å². The van der Waals surface area contributed by atoms with Gasteiger partial charge in [-0.3, -0.25) is 9.89 Å². The molecule has 0 aliphatic carbocycles. The Hall–Kier alpha value is -3.46. The normalized spacial score (nSPS) is 20.7. The zero-order valence-corrected chi connectivity index (χ0v) is 17.9. The smallest absolute Gasteiger partial charge is 0.318 e. The minimum atomic E-state index is 0.0367. The maximum Gasteiger partial charge on any atom is 0.318 e. The molecule has 2 fully saturated rings. The number of likely N-dealkylation sites (tertiary alicyclic amines) is 1. The fourth-order valence-electron chi connectivity index (χ4n) is 4.72. The van der Waals surface area contributed by atoms with Gasteiger partial charge in [0.1, 0.15) is 5.52 Å². The number of amides is 1. The van der Waals surface area contributed by atoms with Gasteiger partial charge >= 0.3 is 6.01 Å². The average Bonchev–Trinajstić information content (AvgIpc) is 3.57. The third-order valence-electron chi connectivity index (χ3n) is 6.44. The van der Waals surface area contributed by atoms with Crippen molar-refractivity contribution in [3.05, 3.63) is 53.1 Å². The Balaban J connectivity index is 1.15. The zero-order chi connectivity index (χ0) is 21.7. The van der Waals surface area contributed by atoms with Crippen molar-refractivity contribution in [2.24, 2.45) is 11.8 Å². The number of nitrogens with one attached hydrogen (secondary N) is 1. The van der Waals surface area contributed by atoms with Crippen LogP contribution in [0.15, 0.2) is 46.9 Å². The Kier molecular flexibility index (Phi) is 4.57. The molecule has 4 aromatic rings. The second kappa shape index (κ2) is 7.59. The molecule has 2 aliphatic rings. The maximum atomic E-state index is 13.1. The van der Waals surface area contributed by atoms with Gasteiger partial charge in [0, 0.05) is 42.3 Å². The lowest BCUT2D eigenvalue weighted by Crippen LogP contribution is -2.43. The van der Waals surface area contributed by atoms with Crippen molar-refractivity contribution in [1.82, 2.24) is 30.5 Å². The van der Waals surface area contributed by atoms with Gasteiger partial charge in [-0.1, -0.05) is 21.9 Å². The number of H-pyrrole nitrogens is 1. The zero-order valence-electron chi connectivity index (χ0n) is 17.1. The molecule has 10 heteroatoms. The van der Waals surface area contributed by atoms with Crippen LogP contribution in [0.25, 0.3) is 22.5 Å². The van der Waals surface area contributed by atoms with Crippen LogP contribution in [-0.2, 0) is 0 Å². The van der Waals surface area contributed by atoms with Crippen LogP contribution in [0.5, 0.6) is 0 Å². The first-order valence-corrected chi connectivity index (χ1v) is 11.0. The van der Waals surface area contributed by atoms with Gasteiger partial charge in [0.15, 0.2) is 0 Å². The molecule has 2 atom stereocenters. The van der Waals surface area contributed by atoms with Gasteiger partial charge in [-0.05, 0) is 60.7 Å². The molecule has 0 spiro atoms. The molecule has 6 rings (SSSR count). The molecule has 0 radical (unpaired) electrons. The first kappa shape index (κ1) is 19.2. The summed E-state index contributed by atoms with van der Waals surface area (Å²) in [6, 6.07) is 13.3. The van der Waals surface area contributed by atoms with Crippen molar-refractivity contribution in [1.29, 1.82) is 0 Å². The molecule has 162 valence electrons. The molecule has 2 aromatic carbocycles. The van der Waals surface area contributed by atoms with E-state index in [1.807, 2.05) is 29.2 Å². The van der Waals surface area contributed by atoms with E-state index in [9.17, 15) is 4.79 Å². The number of aromatic amines is 1. The first-order chi connectivity index (χ1) is 15.6. The molecule has 32 heavy (non-hydrogen) atoms. The lowest BCUT2D eigenvalue weighted by Gasteiger charge is -2.34. The minimum Gasteiger partial charge on any atom is -0.403 e. The van der Waals surface area contributed by atoms with Crippen molar-refractivity contribution in [2.75, 3.05) is 31.1 Å². The van der Waals surface area contributed by atoms with Crippen LogP contribution in [0.4, 0.5) is 6.01 Å². The number of piperidine rings is 1. The van der Waals surface area contributed by atoms with Crippen LogP contribution >= 0.6 is 11.6 Å². The third-order valence-corrected chi connectivity index (χ3v) is 6.69. The van der Waals surface area contributed by atoms with Gasteiger partial charge in [0.25, 0.3) is 5.91 Å². The van der Waals surface area contributed by atoms with E-state index < -0.39 is 0 Å². The van der Waals surface area contributed by atoms with Gasteiger partial charge < -0.3 is 14.2 Å². The molecule has 2 saturated heterocycles. The van der Waals surface area contributed by atoms with E-state index in [-0.39, 0.29) is 5.91 Å². The number of hydrogen-bond acceptors (Lipinski definition) is 7. The molecular formula is C22H20ClN7O2. The highest BCUT2D eigenvalue weighted by Gasteiger charge is 2.40. The van der Waals surface area contributed by atoms with Crippen molar-refractivity contribution in [3.63, 3.8) is 0 Å². The molecule has 2 unspecified atom stereocenters. The number of carbonyl (C=O) groups excluding carboxylic acids is 1. The molecule has 0 bridgehead atoms. The third kappa shape index (κ3) is 3.38. The van der Waals surface area contributed by atoms with E-state index in [0.29, 0.717) is 39.8 Å². The Bertz CT molecular complexity index is 1280. The van der Waals surface area contributed by atoms with E-state index >= 15 is 0 Å². The Morgan fingerprint density at radius 1 is 1.03 bits per heavy atom. The monoisotopic (exact) mass is 449 g/mol. The summed E-state index contributed by atoms with van der Waals surface area (Å²) in [6.07, 6.45) is 0.956. The molecule has 2 aliphatic heterocycles. The standard InChI is InChI=1S/C22H20ClN7O2/c23-17-4-1-13(2-5-17)20-26-27-22(32-20)30-10-15-7-8-29(11-16(15)12-30)21(31)14-3-6-18-19(9-14)25-28-24-18/h1-6,9,15-16H,7-8,10-12H2,(H,24,25,28). The summed E-state index contributed by atoms with van der Waals surface area (Å²) in [5.41, 5.74) is 3.00. The molecule has 9 nitrogen and oxygen atoms in total. The van der Waals surface area contributed by atoms with Crippen LogP contribution < -0.4 is 4.90 Å². The van der Waals surface area contributed by atoms with E-state index in [4.69, 9.17) is 16.0 Å². The Labute approximate surface area is 188 Å². The number of nitrogens with zero attached hydrogens (tertiary/aromatic N) is 6. The minimum absolute atomic E-state index is 0.0367. The van der Waals surface area contributed by atoms with Gasteiger partial charge in [-0.15, -0.1) is 10.2 Å². The van der Waals surface area contributed by atoms with E-state index in [1.165, 1.54) is 0 Å². The predicted octanol–water partition coefficient (Wildman–Crippen LogP) is 3.26. The van der Waals surface area contributed by atoms with Crippen molar-refractivity contribution in [2.45, 2.75) is 6.42 Å². The summed E-state index contributed by atoms with van der Waals surface area (Å²) < 4.78 is 5.94. The van der Waals surface area contributed by atoms with Crippen LogP contribution in [0.3, 0.4) is 0 Å². The highest BCUT2D eigenvalue weighted by atomic mass is 35.5. The fourth-order valence-corrected chi connectivity index (χ4v) is 4.84. The number of fused-ring (bicyclic) bond motifs is 2. The molecule has 1 amide bonds. The summed E-state index contributed by atoms with van der Waals surface area (Å²) in [7, 11) is 0. The number of anilines is 1. The topological polar surface area (TPSA) is 104 Å². The number of aromatic nitrogens is 5. The van der Waals surface area contributed by atoms with Crippen molar-refractivity contribution < 1.29 is 9.21 Å². The number of rotatable bonds is 3. The summed E-state index contributed by atoms with van der Waals surface area (Å²) in [5, 5.41) is 19.7. The fraction of sp³-hybridized carbons (Fsp3) is 0.318. The van der Waals surface area contributed by atoms with E-state index in [0.717, 1.165) is 43.7 Å². The summed E-state index contributed by atoms with van der Waals surface area (Å²) in [6.45, 7) is 3.11. The van der Waals surface area contributed by atoms with E-state index in [2.05, 4.69) is 30.5 Å². The molecule has 4 heterocycles. The first-order valence-electron chi connectivity index (χ1n) is 10.6. The highest BCUT2D eigenvalue weighted by molar-refractivity contribution is 6.30. The Morgan fingerprint density at radius 3 is 2.75 bits per heavy atom. The van der Waals surface area contributed by atoms with Crippen molar-refractivity contribution in [3.8, 4) is 11.5 Å². The number of carbonyl (C=O) groups is 1. The van der Waals surface area contributed by atoms with Gasteiger partial charge in [-0.2, -0.15) is 0 Å². The van der Waals surface area contributed by atoms with Crippen LogP contribution in [0.1, 0.15) is 16.8 Å². The second-order valence-electron chi connectivity index (χ2n) is 8.41. The SMILES string of the molecule is O=C(c1ccc2[nH]nnc2c1)N1CCC2CN(c3nnc(-c4ccc(Cl)cc4)o3)CC2C1. The van der Waals surface area contributed by atoms with Crippen molar-refractivity contribution >= 4 is 34.6 Å². The van der Waals surface area contributed by atoms with Gasteiger partial charge in [0.05, 0.1) is 5.52 Å². The summed E-state index contributed by atoms with van der Waals surface area (Å²) in [4.78, 5) is 17.2. The largest absolute Gasteiger partial charge is 0.403 e. The number of benzene rings is 2. The summed E-state index contributed by atoms with van der Waals surface area (Å²) in [5.74, 6) is 1.39. The van der Waals surface area contributed by atoms with Crippen LogP contribution in [0, 0.1) is 11.8 Å². The summed E-state index contributed by atoms with van der Waals surface area (Å²) >= 11 is 5.96. The number of hydrogen-bond donors (Lipinski definition) is 1. The van der Waals surface area contributed by atoms with Gasteiger partial charge in [0.2, 0.25) is 5.89 Å². The Morgan fingerprint density at radius 2 is 1.88 bits per heavy atom. The molecule has 2 aromatic heterocycles. The quantitative estimate of drug-likeness (QED) is 0.511. The van der Waals surface area contributed by atoms with Crippen LogP contribution in [0.2, 0.25) is 5.02 Å². The number of halogens is 1. The van der Waals surface area contributed by atoms with Gasteiger partial charge in [-0.25, -0.2) is 0 Å². The molecule has 0 saturated carbocycles. The lowest BCUT2D eigenvalue weighted by molar-refractivity contribution is 0.0642. The molecular weight excluding hydrogens is 430 g/mol. The average molecular weight is 450 g/mol. The second-order valence-corrected chi connectivity index (χ2v) is 8.84. The highest BCUT2D eigenvalue weighted by Crippen LogP contribution is 2.35. The molecule has 1 N–H and O–H groups in total. The lowest BCUT2D eigenvalue weighted by atomic mass is 9.88. The van der Waals surface area contributed by atoms with Crippen LogP contribution in [-0.4, -0.2) is 62.6 Å². The predicted molar refractivity (Wildman–Crippen MR) is 118 cm³/mol.